The maximum absolute atomic E-state index is 12.4. The molecule has 0 bridgehead atoms. The highest BCUT2D eigenvalue weighted by atomic mass is 16.5. The number of ether oxygens (including phenoxy) is 1. The first-order valence-corrected chi connectivity index (χ1v) is 8.28. The minimum atomic E-state index is 0.0753. The Morgan fingerprint density at radius 2 is 2.05 bits per heavy atom. The molecule has 0 saturated carbocycles. The summed E-state index contributed by atoms with van der Waals surface area (Å²) in [6, 6.07) is 2.19. The molecular weight excluding hydrogens is 280 g/mol. The Bertz CT molecular complexity index is 563. The third kappa shape index (κ3) is 2.56. The number of rotatable bonds is 2. The van der Waals surface area contributed by atoms with E-state index in [-0.39, 0.29) is 11.8 Å². The van der Waals surface area contributed by atoms with Gasteiger partial charge in [-0.3, -0.25) is 4.79 Å². The highest BCUT2D eigenvalue weighted by Crippen LogP contribution is 2.24. The van der Waals surface area contributed by atoms with Gasteiger partial charge in [0.1, 0.15) is 0 Å². The summed E-state index contributed by atoms with van der Waals surface area (Å²) in [7, 11) is 0. The second kappa shape index (κ2) is 5.83. The molecule has 1 unspecified atom stereocenters. The molecule has 1 amide bonds. The van der Waals surface area contributed by atoms with Crippen LogP contribution in [0.4, 0.5) is 5.82 Å². The van der Waals surface area contributed by atoms with Crippen molar-refractivity contribution in [3.63, 3.8) is 0 Å². The van der Waals surface area contributed by atoms with Crippen LogP contribution in [0.5, 0.6) is 0 Å². The topological polar surface area (TPSA) is 58.6 Å². The number of carbonyl (C=O) groups is 1. The molecule has 2 fully saturated rings. The molecule has 0 N–H and O–H groups in total. The second-order valence-corrected chi connectivity index (χ2v) is 6.40. The molecule has 1 atom stereocenters. The van der Waals surface area contributed by atoms with Crippen LogP contribution in [0.15, 0.2) is 6.07 Å². The smallest absolute Gasteiger partial charge is 0.228 e. The number of aromatic nitrogens is 2. The van der Waals surface area contributed by atoms with Crippen LogP contribution in [0, 0.1) is 5.92 Å². The van der Waals surface area contributed by atoms with Crippen molar-refractivity contribution in [2.75, 3.05) is 44.3 Å². The van der Waals surface area contributed by atoms with E-state index in [9.17, 15) is 4.79 Å². The van der Waals surface area contributed by atoms with Gasteiger partial charge < -0.3 is 14.5 Å². The molecule has 0 radical (unpaired) electrons. The van der Waals surface area contributed by atoms with Crippen LogP contribution in [0.1, 0.15) is 24.1 Å². The number of nitrogens with zero attached hydrogens (tertiary/aromatic N) is 4. The first-order chi connectivity index (χ1) is 10.8. The number of piperazine rings is 1. The molecule has 0 aromatic carbocycles. The Morgan fingerprint density at radius 1 is 1.18 bits per heavy atom. The fourth-order valence-electron chi connectivity index (χ4n) is 3.62. The van der Waals surface area contributed by atoms with E-state index in [1.54, 1.807) is 0 Å². The summed E-state index contributed by atoms with van der Waals surface area (Å²) in [5.74, 6) is 1.31. The van der Waals surface area contributed by atoms with Crippen molar-refractivity contribution in [2.45, 2.75) is 25.7 Å². The number of hydrogen-bond acceptors (Lipinski definition) is 5. The average molecular weight is 302 g/mol. The third-order valence-electron chi connectivity index (χ3n) is 5.00. The van der Waals surface area contributed by atoms with Gasteiger partial charge in [-0.15, -0.1) is 5.10 Å². The lowest BCUT2D eigenvalue weighted by atomic mass is 10.1. The van der Waals surface area contributed by atoms with Gasteiger partial charge in [0, 0.05) is 32.8 Å². The van der Waals surface area contributed by atoms with Gasteiger partial charge >= 0.3 is 0 Å². The molecule has 2 saturated heterocycles. The first-order valence-electron chi connectivity index (χ1n) is 8.28. The number of aryl methyl sites for hydroxylation is 2. The van der Waals surface area contributed by atoms with Crippen molar-refractivity contribution in [3.8, 4) is 0 Å². The first kappa shape index (κ1) is 13.9. The SMILES string of the molecule is O=C(C1CCOC1)N1CCN(c2cc3c(nn2)CCC3)CC1. The number of carbonyl (C=O) groups excluding carboxylic acids is 1. The minimum absolute atomic E-state index is 0.0753. The van der Waals surface area contributed by atoms with E-state index < -0.39 is 0 Å². The number of amides is 1. The Balaban J connectivity index is 1.38. The summed E-state index contributed by atoms with van der Waals surface area (Å²) in [6.07, 6.45) is 4.25. The molecule has 22 heavy (non-hydrogen) atoms. The summed E-state index contributed by atoms with van der Waals surface area (Å²) < 4.78 is 5.33. The lowest BCUT2D eigenvalue weighted by Gasteiger charge is -2.36. The maximum atomic E-state index is 12.4. The zero-order valence-electron chi connectivity index (χ0n) is 12.8. The van der Waals surface area contributed by atoms with Crippen LogP contribution in [-0.2, 0) is 22.4 Å². The Labute approximate surface area is 130 Å². The van der Waals surface area contributed by atoms with Gasteiger partial charge in [-0.1, -0.05) is 0 Å². The third-order valence-corrected chi connectivity index (χ3v) is 5.00. The summed E-state index contributed by atoms with van der Waals surface area (Å²) in [5.41, 5.74) is 2.52. The number of fused-ring (bicyclic) bond motifs is 1. The summed E-state index contributed by atoms with van der Waals surface area (Å²) in [6.45, 7) is 4.54. The molecule has 118 valence electrons. The van der Waals surface area contributed by atoms with Crippen molar-refractivity contribution in [2.24, 2.45) is 5.92 Å². The molecule has 1 aliphatic carbocycles. The predicted octanol–water partition coefficient (Wildman–Crippen LogP) is 0.650. The molecule has 6 nitrogen and oxygen atoms in total. The zero-order chi connectivity index (χ0) is 14.9. The van der Waals surface area contributed by atoms with Crippen LogP contribution >= 0.6 is 0 Å². The van der Waals surface area contributed by atoms with Gasteiger partial charge in [0.05, 0.1) is 18.2 Å². The van der Waals surface area contributed by atoms with Crippen molar-refractivity contribution in [3.05, 3.63) is 17.3 Å². The van der Waals surface area contributed by atoms with Gasteiger partial charge in [-0.05, 0) is 37.3 Å². The highest BCUT2D eigenvalue weighted by molar-refractivity contribution is 5.79. The van der Waals surface area contributed by atoms with Gasteiger partial charge in [-0.2, -0.15) is 5.10 Å². The Morgan fingerprint density at radius 3 is 2.82 bits per heavy atom. The van der Waals surface area contributed by atoms with Crippen LogP contribution in [0.2, 0.25) is 0 Å². The number of anilines is 1. The maximum Gasteiger partial charge on any atom is 0.228 e. The Kier molecular flexibility index (Phi) is 3.70. The monoisotopic (exact) mass is 302 g/mol. The summed E-state index contributed by atoms with van der Waals surface area (Å²) in [4.78, 5) is 16.6. The van der Waals surface area contributed by atoms with E-state index in [0.29, 0.717) is 6.61 Å². The van der Waals surface area contributed by atoms with E-state index in [1.807, 2.05) is 4.90 Å². The summed E-state index contributed by atoms with van der Waals surface area (Å²) in [5, 5.41) is 8.74. The van der Waals surface area contributed by atoms with Crippen molar-refractivity contribution in [1.29, 1.82) is 0 Å². The zero-order valence-corrected chi connectivity index (χ0v) is 12.8. The molecule has 1 aromatic heterocycles. The van der Waals surface area contributed by atoms with Crippen molar-refractivity contribution >= 4 is 11.7 Å². The van der Waals surface area contributed by atoms with Gasteiger partial charge in [-0.25, -0.2) is 0 Å². The fraction of sp³-hybridized carbons (Fsp3) is 0.688. The van der Waals surface area contributed by atoms with Gasteiger partial charge in [0.15, 0.2) is 5.82 Å². The van der Waals surface area contributed by atoms with Crippen LogP contribution < -0.4 is 4.90 Å². The molecule has 0 spiro atoms. The second-order valence-electron chi connectivity index (χ2n) is 6.40. The standard InChI is InChI=1S/C16H22N4O2/c21-16(13-4-9-22-11-13)20-7-5-19(6-8-20)15-10-12-2-1-3-14(12)17-18-15/h10,13H,1-9,11H2. The van der Waals surface area contributed by atoms with Crippen LogP contribution in [-0.4, -0.2) is 60.4 Å². The minimum Gasteiger partial charge on any atom is -0.381 e. The van der Waals surface area contributed by atoms with E-state index in [0.717, 1.165) is 57.9 Å². The largest absolute Gasteiger partial charge is 0.381 e. The molecule has 2 aliphatic heterocycles. The number of hydrogen-bond donors (Lipinski definition) is 0. The molecule has 3 aliphatic rings. The fourth-order valence-corrected chi connectivity index (χ4v) is 3.62. The summed E-state index contributed by atoms with van der Waals surface area (Å²) >= 11 is 0. The van der Waals surface area contributed by atoms with Crippen LogP contribution in [0.3, 0.4) is 0 Å². The van der Waals surface area contributed by atoms with E-state index in [1.165, 1.54) is 17.7 Å². The average Bonchev–Trinajstić information content (AvgIpc) is 3.25. The van der Waals surface area contributed by atoms with E-state index >= 15 is 0 Å². The molecule has 1 aromatic rings. The normalized spacial score (nSPS) is 24.6. The predicted molar refractivity (Wildman–Crippen MR) is 81.8 cm³/mol. The molecular formula is C16H22N4O2. The van der Waals surface area contributed by atoms with E-state index in [4.69, 9.17) is 4.74 Å². The van der Waals surface area contributed by atoms with Crippen LogP contribution in [0.25, 0.3) is 0 Å². The lowest BCUT2D eigenvalue weighted by molar-refractivity contribution is -0.135. The van der Waals surface area contributed by atoms with Gasteiger partial charge in [0.25, 0.3) is 0 Å². The van der Waals surface area contributed by atoms with Gasteiger partial charge in [0.2, 0.25) is 5.91 Å². The van der Waals surface area contributed by atoms with Crippen molar-refractivity contribution in [1.82, 2.24) is 15.1 Å². The highest BCUT2D eigenvalue weighted by Gasteiger charge is 2.30. The Hall–Kier alpha value is -1.69. The molecule has 4 rings (SSSR count). The van der Waals surface area contributed by atoms with E-state index in [2.05, 4.69) is 21.2 Å². The molecule has 3 heterocycles. The van der Waals surface area contributed by atoms with Crippen molar-refractivity contribution < 1.29 is 9.53 Å². The lowest BCUT2D eigenvalue weighted by Crippen LogP contribution is -2.50. The molecule has 6 heteroatoms. The quantitative estimate of drug-likeness (QED) is 0.803.